The normalized spacial score (nSPS) is 23.3. The summed E-state index contributed by atoms with van der Waals surface area (Å²) in [5.41, 5.74) is 1.28. The summed E-state index contributed by atoms with van der Waals surface area (Å²) in [6.07, 6.45) is 12.3. The van der Waals surface area contributed by atoms with E-state index in [0.29, 0.717) is 25.3 Å². The van der Waals surface area contributed by atoms with Gasteiger partial charge in [0.15, 0.2) is 0 Å². The number of fused-ring (bicyclic) bond motifs is 2. The van der Waals surface area contributed by atoms with Crippen molar-refractivity contribution in [2.75, 3.05) is 13.1 Å². The van der Waals surface area contributed by atoms with E-state index in [4.69, 9.17) is 9.84 Å². The van der Waals surface area contributed by atoms with Gasteiger partial charge in [-0.05, 0) is 62.8 Å². The second-order valence-electron chi connectivity index (χ2n) is 9.38. The summed E-state index contributed by atoms with van der Waals surface area (Å²) in [5, 5.41) is 14.4. The Bertz CT molecular complexity index is 826. The molecule has 2 aliphatic heterocycles. The van der Waals surface area contributed by atoms with Crippen LogP contribution in [0.25, 0.3) is 0 Å². The number of carboxylic acid groups (broad SMARTS) is 1. The zero-order valence-corrected chi connectivity index (χ0v) is 19.9. The fourth-order valence-electron chi connectivity index (χ4n) is 5.04. The molecule has 0 spiro atoms. The van der Waals surface area contributed by atoms with Crippen LogP contribution in [-0.2, 0) is 25.5 Å². The predicted octanol–water partition coefficient (Wildman–Crippen LogP) is 3.63. The van der Waals surface area contributed by atoms with Crippen LogP contribution in [0.5, 0.6) is 0 Å². The van der Waals surface area contributed by atoms with Crippen molar-refractivity contribution in [1.29, 1.82) is 0 Å². The molecule has 0 unspecified atom stereocenters. The number of amides is 2. The van der Waals surface area contributed by atoms with E-state index in [9.17, 15) is 14.4 Å². The van der Waals surface area contributed by atoms with Crippen molar-refractivity contribution in [2.45, 2.75) is 76.4 Å². The molecule has 0 aliphatic carbocycles. The maximum atomic E-state index is 12.3. The summed E-state index contributed by atoms with van der Waals surface area (Å²) in [5.74, 6) is -0.361. The smallest absolute Gasteiger partial charge is 0.303 e. The summed E-state index contributed by atoms with van der Waals surface area (Å²) in [6.45, 7) is 0.567. The highest BCUT2D eigenvalue weighted by Gasteiger charge is 2.47. The van der Waals surface area contributed by atoms with Gasteiger partial charge in [-0.3, -0.25) is 14.4 Å². The first kappa shape index (κ1) is 25.9. The number of benzene rings is 1. The molecule has 4 atom stereocenters. The molecular weight excluding hydrogens is 432 g/mol. The van der Waals surface area contributed by atoms with Crippen LogP contribution >= 0.6 is 0 Å². The zero-order chi connectivity index (χ0) is 24.2. The molecule has 7 nitrogen and oxygen atoms in total. The molecule has 1 aromatic carbocycles. The van der Waals surface area contributed by atoms with Gasteiger partial charge in [-0.1, -0.05) is 42.5 Å². The van der Waals surface area contributed by atoms with E-state index in [2.05, 4.69) is 34.9 Å². The van der Waals surface area contributed by atoms with Crippen LogP contribution in [0.3, 0.4) is 0 Å². The third-order valence-corrected chi connectivity index (χ3v) is 6.87. The van der Waals surface area contributed by atoms with E-state index < -0.39 is 5.97 Å². The second-order valence-corrected chi connectivity index (χ2v) is 9.38. The molecule has 7 heteroatoms. The zero-order valence-electron chi connectivity index (χ0n) is 19.9. The highest BCUT2D eigenvalue weighted by Crippen LogP contribution is 2.44. The Morgan fingerprint density at radius 2 is 1.68 bits per heavy atom. The Kier molecular flexibility index (Phi) is 10.6. The number of nitrogens with one attached hydrogen (secondary N) is 2. The summed E-state index contributed by atoms with van der Waals surface area (Å²) < 4.78 is 6.09. The van der Waals surface area contributed by atoms with E-state index in [0.717, 1.165) is 44.9 Å². The summed E-state index contributed by atoms with van der Waals surface area (Å²) in [6, 6.07) is 10.2. The Hall–Kier alpha value is -2.67. The molecule has 2 heterocycles. The fraction of sp³-hybridized carbons (Fsp3) is 0.593. The van der Waals surface area contributed by atoms with Crippen molar-refractivity contribution in [3.05, 3.63) is 48.0 Å². The number of unbranched alkanes of at least 4 members (excludes halogenated alkanes) is 2. The minimum atomic E-state index is -0.759. The lowest BCUT2D eigenvalue weighted by atomic mass is 9.77. The van der Waals surface area contributed by atoms with Gasteiger partial charge in [0.05, 0.1) is 18.8 Å². The first-order chi connectivity index (χ1) is 16.5. The average Bonchev–Trinajstić information content (AvgIpc) is 3.44. The largest absolute Gasteiger partial charge is 0.481 e. The molecule has 186 valence electrons. The topological polar surface area (TPSA) is 105 Å². The molecule has 0 radical (unpaired) electrons. The number of carbonyl (C=O) groups excluding carboxylic acids is 2. The van der Waals surface area contributed by atoms with Crippen molar-refractivity contribution in [2.24, 2.45) is 11.8 Å². The van der Waals surface area contributed by atoms with Gasteiger partial charge in [0.2, 0.25) is 11.8 Å². The van der Waals surface area contributed by atoms with Gasteiger partial charge in [0.25, 0.3) is 0 Å². The lowest BCUT2D eigenvalue weighted by Gasteiger charge is -2.27. The van der Waals surface area contributed by atoms with E-state index >= 15 is 0 Å². The first-order valence-electron chi connectivity index (χ1n) is 12.6. The maximum absolute atomic E-state index is 12.3. The summed E-state index contributed by atoms with van der Waals surface area (Å²) >= 11 is 0. The first-order valence-corrected chi connectivity index (χ1v) is 12.6. The number of aryl methyl sites for hydroxylation is 1. The number of rotatable bonds is 15. The van der Waals surface area contributed by atoms with Crippen LogP contribution in [0.4, 0.5) is 0 Å². The van der Waals surface area contributed by atoms with Gasteiger partial charge in [-0.25, -0.2) is 0 Å². The minimum absolute atomic E-state index is 0.00728. The molecular formula is C27H38N2O5. The average molecular weight is 471 g/mol. The van der Waals surface area contributed by atoms with Gasteiger partial charge >= 0.3 is 5.97 Å². The van der Waals surface area contributed by atoms with Crippen LogP contribution in [-0.4, -0.2) is 48.2 Å². The van der Waals surface area contributed by atoms with Crippen molar-refractivity contribution in [1.82, 2.24) is 10.6 Å². The number of aliphatic carboxylic acids is 1. The van der Waals surface area contributed by atoms with E-state index in [1.165, 1.54) is 5.56 Å². The molecule has 0 aromatic heterocycles. The molecule has 2 amide bonds. The maximum Gasteiger partial charge on any atom is 0.303 e. The number of hydrogen-bond donors (Lipinski definition) is 3. The Balaban J connectivity index is 1.29. The van der Waals surface area contributed by atoms with Gasteiger partial charge in [0.1, 0.15) is 0 Å². The standard InChI is InChI=1S/C27H38N2O5/c30-25(14-9-8-12-20-10-4-3-5-11-20)29-19-26(31)28-18-22-21(23-16-17-24(22)34-23)13-6-1-2-7-15-27(32)33/h1,3-6,10-11,21-24H,2,7-9,12-19H2,(H,28,31)(H,29,30)(H,32,33)/t21-,22+,23-,24+/m0/s1. The molecule has 2 saturated heterocycles. The highest BCUT2D eigenvalue weighted by molar-refractivity contribution is 5.84. The quantitative estimate of drug-likeness (QED) is 0.268. The highest BCUT2D eigenvalue weighted by atomic mass is 16.5. The minimum Gasteiger partial charge on any atom is -0.481 e. The van der Waals surface area contributed by atoms with E-state index in [-0.39, 0.29) is 42.9 Å². The van der Waals surface area contributed by atoms with Crippen LogP contribution in [0.15, 0.2) is 42.5 Å². The summed E-state index contributed by atoms with van der Waals surface area (Å²) in [7, 11) is 0. The van der Waals surface area contributed by atoms with E-state index in [1.807, 2.05) is 18.2 Å². The van der Waals surface area contributed by atoms with Crippen LogP contribution in [0.1, 0.15) is 63.4 Å². The molecule has 3 N–H and O–H groups in total. The molecule has 34 heavy (non-hydrogen) atoms. The van der Waals surface area contributed by atoms with Crippen molar-refractivity contribution in [3.8, 4) is 0 Å². The number of carbonyl (C=O) groups is 3. The SMILES string of the molecule is O=C(O)CCCC=CC[C@H]1[C@@H](CNC(=O)CNC(=O)CCCCc2ccccc2)[C@H]2CC[C@@H]1O2. The van der Waals surface area contributed by atoms with Gasteiger partial charge in [0, 0.05) is 25.3 Å². The van der Waals surface area contributed by atoms with Crippen molar-refractivity contribution < 1.29 is 24.2 Å². The Morgan fingerprint density at radius 3 is 2.44 bits per heavy atom. The van der Waals surface area contributed by atoms with Crippen LogP contribution in [0.2, 0.25) is 0 Å². The molecule has 2 fully saturated rings. The van der Waals surface area contributed by atoms with E-state index in [1.54, 1.807) is 0 Å². The third-order valence-electron chi connectivity index (χ3n) is 6.87. The lowest BCUT2D eigenvalue weighted by molar-refractivity contribution is -0.137. The van der Waals surface area contributed by atoms with Gasteiger partial charge in [-0.15, -0.1) is 0 Å². The van der Waals surface area contributed by atoms with Crippen molar-refractivity contribution >= 4 is 17.8 Å². The fourth-order valence-corrected chi connectivity index (χ4v) is 5.04. The molecule has 1 aromatic rings. The number of ether oxygens (including phenoxy) is 1. The number of hydrogen-bond acceptors (Lipinski definition) is 4. The molecule has 0 saturated carbocycles. The van der Waals surface area contributed by atoms with Crippen molar-refractivity contribution in [3.63, 3.8) is 0 Å². The molecule has 2 aliphatic rings. The Labute approximate surface area is 202 Å². The predicted molar refractivity (Wildman–Crippen MR) is 130 cm³/mol. The lowest BCUT2D eigenvalue weighted by Crippen LogP contribution is -2.42. The number of allylic oxidation sites excluding steroid dienone is 2. The third kappa shape index (κ3) is 8.60. The molecule has 3 rings (SSSR count). The summed E-state index contributed by atoms with van der Waals surface area (Å²) in [4.78, 5) is 34.9. The van der Waals surface area contributed by atoms with Gasteiger partial charge < -0.3 is 20.5 Å². The molecule has 2 bridgehead atoms. The van der Waals surface area contributed by atoms with Gasteiger partial charge in [-0.2, -0.15) is 0 Å². The Morgan fingerprint density at radius 1 is 0.912 bits per heavy atom. The van der Waals surface area contributed by atoms with Crippen LogP contribution in [0, 0.1) is 11.8 Å². The van der Waals surface area contributed by atoms with Crippen LogP contribution < -0.4 is 10.6 Å². The second kappa shape index (κ2) is 13.9. The number of carboxylic acids is 1. The monoisotopic (exact) mass is 470 g/mol.